The molecule has 0 fully saturated rings. The first kappa shape index (κ1) is 14.0. The van der Waals surface area contributed by atoms with E-state index in [2.05, 4.69) is 17.9 Å². The summed E-state index contributed by atoms with van der Waals surface area (Å²) in [6.45, 7) is 5.84. The highest BCUT2D eigenvalue weighted by Gasteiger charge is 2.12. The van der Waals surface area contributed by atoms with Crippen molar-refractivity contribution in [2.75, 3.05) is 18.0 Å². The van der Waals surface area contributed by atoms with E-state index in [9.17, 15) is 4.79 Å². The molecule has 0 saturated heterocycles. The van der Waals surface area contributed by atoms with Crippen LogP contribution in [0.5, 0.6) is 0 Å². The third kappa shape index (κ3) is 3.24. The maximum atomic E-state index is 10.9. The molecule has 0 atom stereocenters. The first-order valence-electron chi connectivity index (χ1n) is 6.16. The maximum Gasteiger partial charge on any atom is 0.335 e. The van der Waals surface area contributed by atoms with Crippen LogP contribution >= 0.6 is 0 Å². The molecule has 0 heterocycles. The monoisotopic (exact) mass is 246 g/mol. The highest BCUT2D eigenvalue weighted by molar-refractivity contribution is 5.89. The van der Waals surface area contributed by atoms with Crippen LogP contribution in [0, 0.1) is 11.3 Å². The number of rotatable bonds is 6. The summed E-state index contributed by atoms with van der Waals surface area (Å²) in [5.74, 6) is -1.00. The van der Waals surface area contributed by atoms with E-state index in [-0.39, 0.29) is 5.56 Å². The van der Waals surface area contributed by atoms with Crippen LogP contribution in [0.1, 0.15) is 42.6 Å². The zero-order chi connectivity index (χ0) is 13.5. The minimum absolute atomic E-state index is 0.154. The van der Waals surface area contributed by atoms with Gasteiger partial charge in [0.15, 0.2) is 0 Å². The minimum atomic E-state index is -1.00. The molecule has 1 aromatic carbocycles. The van der Waals surface area contributed by atoms with Crippen LogP contribution in [0.25, 0.3) is 0 Å². The van der Waals surface area contributed by atoms with E-state index in [1.165, 1.54) is 6.07 Å². The van der Waals surface area contributed by atoms with Gasteiger partial charge >= 0.3 is 5.97 Å². The van der Waals surface area contributed by atoms with E-state index in [4.69, 9.17) is 10.4 Å². The number of nitrogens with zero attached hydrogens (tertiary/aromatic N) is 2. The Labute approximate surface area is 107 Å². The van der Waals surface area contributed by atoms with Gasteiger partial charge in [0.1, 0.15) is 6.07 Å². The van der Waals surface area contributed by atoms with Crippen LogP contribution in [0.2, 0.25) is 0 Å². The molecule has 4 nitrogen and oxygen atoms in total. The Morgan fingerprint density at radius 1 is 1.44 bits per heavy atom. The third-order valence-electron chi connectivity index (χ3n) is 2.87. The van der Waals surface area contributed by atoms with Crippen LogP contribution in [0.4, 0.5) is 5.69 Å². The lowest BCUT2D eigenvalue weighted by molar-refractivity contribution is 0.0697. The predicted molar refractivity (Wildman–Crippen MR) is 70.9 cm³/mol. The topological polar surface area (TPSA) is 64.3 Å². The Hall–Kier alpha value is -2.02. The highest BCUT2D eigenvalue weighted by Crippen LogP contribution is 2.22. The lowest BCUT2D eigenvalue weighted by atomic mass is 10.1. The van der Waals surface area contributed by atoms with Crippen molar-refractivity contribution < 1.29 is 9.90 Å². The molecule has 0 radical (unpaired) electrons. The molecule has 96 valence electrons. The molecule has 0 unspecified atom stereocenters. The second kappa shape index (κ2) is 6.65. The molecule has 0 aliphatic carbocycles. The molecule has 0 saturated carbocycles. The van der Waals surface area contributed by atoms with Crippen molar-refractivity contribution in [3.63, 3.8) is 0 Å². The molecule has 18 heavy (non-hydrogen) atoms. The molecule has 0 aromatic heterocycles. The molecule has 1 N–H and O–H groups in total. The number of hydrogen-bond acceptors (Lipinski definition) is 3. The fraction of sp³-hybridized carbons (Fsp3) is 0.429. The van der Waals surface area contributed by atoms with Gasteiger partial charge in [-0.3, -0.25) is 0 Å². The molecular weight excluding hydrogens is 228 g/mol. The second-order valence-corrected chi connectivity index (χ2v) is 4.08. The molecule has 0 aliphatic rings. The van der Waals surface area contributed by atoms with Gasteiger partial charge in [0.25, 0.3) is 0 Å². The fourth-order valence-corrected chi connectivity index (χ4v) is 1.83. The van der Waals surface area contributed by atoms with Gasteiger partial charge in [-0.25, -0.2) is 4.79 Å². The molecule has 0 spiro atoms. The SMILES string of the molecule is CCCCN(CC)c1ccc(C(=O)O)cc1C#N. The van der Waals surface area contributed by atoms with E-state index in [0.29, 0.717) is 5.56 Å². The number of carbonyl (C=O) groups is 1. The van der Waals surface area contributed by atoms with Crippen molar-refractivity contribution in [1.29, 1.82) is 5.26 Å². The summed E-state index contributed by atoms with van der Waals surface area (Å²) in [4.78, 5) is 13.0. The molecule has 0 amide bonds. The summed E-state index contributed by atoms with van der Waals surface area (Å²) in [6.07, 6.45) is 2.14. The largest absolute Gasteiger partial charge is 0.478 e. The molecule has 0 bridgehead atoms. The smallest absolute Gasteiger partial charge is 0.335 e. The van der Waals surface area contributed by atoms with Crippen LogP contribution in [0.3, 0.4) is 0 Å². The minimum Gasteiger partial charge on any atom is -0.478 e. The maximum absolute atomic E-state index is 10.9. The Kier molecular flexibility index (Phi) is 5.19. The number of anilines is 1. The van der Waals surface area contributed by atoms with Gasteiger partial charge in [-0.2, -0.15) is 5.26 Å². The average molecular weight is 246 g/mol. The van der Waals surface area contributed by atoms with Gasteiger partial charge in [0, 0.05) is 13.1 Å². The van der Waals surface area contributed by atoms with Crippen LogP contribution in [-0.4, -0.2) is 24.2 Å². The van der Waals surface area contributed by atoms with E-state index in [1.807, 2.05) is 6.92 Å². The quantitative estimate of drug-likeness (QED) is 0.838. The molecular formula is C14H18N2O2. The number of nitriles is 1. The zero-order valence-electron chi connectivity index (χ0n) is 10.8. The van der Waals surface area contributed by atoms with E-state index < -0.39 is 5.97 Å². The van der Waals surface area contributed by atoms with E-state index in [0.717, 1.165) is 31.6 Å². The normalized spacial score (nSPS) is 9.83. The van der Waals surface area contributed by atoms with Crippen molar-refractivity contribution in [2.45, 2.75) is 26.7 Å². The fourth-order valence-electron chi connectivity index (χ4n) is 1.83. The van der Waals surface area contributed by atoms with Gasteiger partial charge in [0.2, 0.25) is 0 Å². The van der Waals surface area contributed by atoms with Gasteiger partial charge in [-0.05, 0) is 31.5 Å². The Bertz CT molecular complexity index is 463. The Morgan fingerprint density at radius 3 is 2.67 bits per heavy atom. The molecule has 0 aliphatic heterocycles. The summed E-state index contributed by atoms with van der Waals surface area (Å²) in [5, 5.41) is 18.0. The number of benzene rings is 1. The summed E-state index contributed by atoms with van der Waals surface area (Å²) >= 11 is 0. The first-order chi connectivity index (χ1) is 8.63. The van der Waals surface area contributed by atoms with Crippen LogP contribution in [-0.2, 0) is 0 Å². The number of carboxylic acid groups (broad SMARTS) is 1. The highest BCUT2D eigenvalue weighted by atomic mass is 16.4. The lowest BCUT2D eigenvalue weighted by Crippen LogP contribution is -2.24. The number of hydrogen-bond donors (Lipinski definition) is 1. The van der Waals surface area contributed by atoms with Crippen molar-refractivity contribution in [3.05, 3.63) is 29.3 Å². The zero-order valence-corrected chi connectivity index (χ0v) is 10.8. The third-order valence-corrected chi connectivity index (χ3v) is 2.87. The molecule has 1 rings (SSSR count). The van der Waals surface area contributed by atoms with Crippen molar-refractivity contribution >= 4 is 11.7 Å². The van der Waals surface area contributed by atoms with Crippen LogP contribution in [0.15, 0.2) is 18.2 Å². The van der Waals surface area contributed by atoms with Gasteiger partial charge in [-0.1, -0.05) is 13.3 Å². The van der Waals surface area contributed by atoms with E-state index >= 15 is 0 Å². The summed E-state index contributed by atoms with van der Waals surface area (Å²) in [6, 6.07) is 6.79. The van der Waals surface area contributed by atoms with Crippen molar-refractivity contribution in [1.82, 2.24) is 0 Å². The second-order valence-electron chi connectivity index (χ2n) is 4.08. The van der Waals surface area contributed by atoms with Crippen molar-refractivity contribution in [2.24, 2.45) is 0 Å². The number of carboxylic acids is 1. The van der Waals surface area contributed by atoms with E-state index in [1.54, 1.807) is 12.1 Å². The predicted octanol–water partition coefficient (Wildman–Crippen LogP) is 2.88. The summed E-state index contributed by atoms with van der Waals surface area (Å²) in [7, 11) is 0. The standard InChI is InChI=1S/C14H18N2O2/c1-3-5-8-16(4-2)13-7-6-11(14(17)18)9-12(13)10-15/h6-7,9H,3-5,8H2,1-2H3,(H,17,18). The Balaban J connectivity index is 3.07. The van der Waals surface area contributed by atoms with Gasteiger partial charge in [-0.15, -0.1) is 0 Å². The summed E-state index contributed by atoms with van der Waals surface area (Å²) in [5.41, 5.74) is 1.40. The average Bonchev–Trinajstić information content (AvgIpc) is 2.39. The van der Waals surface area contributed by atoms with Crippen molar-refractivity contribution in [3.8, 4) is 6.07 Å². The Morgan fingerprint density at radius 2 is 2.17 bits per heavy atom. The van der Waals surface area contributed by atoms with Gasteiger partial charge in [0.05, 0.1) is 16.8 Å². The lowest BCUT2D eigenvalue weighted by Gasteiger charge is -2.24. The van der Waals surface area contributed by atoms with Crippen LogP contribution < -0.4 is 4.90 Å². The number of aromatic carboxylic acids is 1. The summed E-state index contributed by atoms with van der Waals surface area (Å²) < 4.78 is 0. The number of unbranched alkanes of at least 4 members (excludes halogenated alkanes) is 1. The molecule has 1 aromatic rings. The molecule has 4 heteroatoms. The first-order valence-corrected chi connectivity index (χ1v) is 6.16. The van der Waals surface area contributed by atoms with Gasteiger partial charge < -0.3 is 10.0 Å².